The van der Waals surface area contributed by atoms with Crippen LogP contribution in [-0.2, 0) is 55.7 Å². The van der Waals surface area contributed by atoms with Crippen LogP contribution in [0.5, 0.6) is 0 Å². The van der Waals surface area contributed by atoms with Gasteiger partial charge in [0.15, 0.2) is 6.23 Å². The molecule has 0 spiro atoms. The van der Waals surface area contributed by atoms with E-state index < -0.39 is 52.9 Å². The van der Waals surface area contributed by atoms with Gasteiger partial charge in [0.1, 0.15) is 12.3 Å². The number of nitrogens with zero attached hydrogens (tertiary/aromatic N) is 2. The fourth-order valence-corrected chi connectivity index (χ4v) is 11.3. The zero-order chi connectivity index (χ0) is 47.8. The number of ether oxygens (including phenoxy) is 2. The van der Waals surface area contributed by atoms with Gasteiger partial charge in [0.05, 0.1) is 35.2 Å². The normalized spacial score (nSPS) is 31.2. The maximum Gasteiger partial charge on any atom is 0.416 e. The van der Waals surface area contributed by atoms with Crippen LogP contribution in [0, 0.1) is 22.7 Å². The number of fused-ring (bicyclic) bond motifs is 2. The first-order valence-corrected chi connectivity index (χ1v) is 23.4. The topological polar surface area (TPSA) is 113 Å². The number of hydrogen-bond donors (Lipinski definition) is 3. The summed E-state index contributed by atoms with van der Waals surface area (Å²) in [5.74, 6) is -0.216. The fourth-order valence-electron chi connectivity index (χ4n) is 11.3. The lowest BCUT2D eigenvalue weighted by Crippen LogP contribution is -2.52. The van der Waals surface area contributed by atoms with Crippen LogP contribution in [-0.4, -0.2) is 103 Å². The number of hydrogen-bond acceptors (Lipinski definition) is 8. The Hall–Kier alpha value is -3.42. The first-order valence-electron chi connectivity index (χ1n) is 23.4. The van der Waals surface area contributed by atoms with E-state index in [2.05, 4.69) is 15.5 Å². The molecule has 4 fully saturated rings. The Kier molecular flexibility index (Phi) is 16.8. The molecule has 4 heterocycles. The van der Waals surface area contributed by atoms with Crippen molar-refractivity contribution in [2.24, 2.45) is 22.7 Å². The molecule has 3 N–H and O–H groups in total. The van der Waals surface area contributed by atoms with Gasteiger partial charge in [0, 0.05) is 62.6 Å². The van der Waals surface area contributed by atoms with E-state index in [1.807, 2.05) is 27.7 Å². The molecule has 2 aromatic rings. The van der Waals surface area contributed by atoms with Crippen LogP contribution in [0.4, 0.5) is 35.1 Å². The van der Waals surface area contributed by atoms with Crippen LogP contribution in [0.15, 0.2) is 36.4 Å². The summed E-state index contributed by atoms with van der Waals surface area (Å²) < 4.78 is 118. The fraction of sp³-hybridized carbons (Fsp3) is 0.714. The highest BCUT2D eigenvalue weighted by Crippen LogP contribution is 2.49. The zero-order valence-electron chi connectivity index (χ0n) is 38.1. The molecule has 2 saturated heterocycles. The van der Waals surface area contributed by atoms with Crippen molar-refractivity contribution < 1.29 is 64.3 Å². The summed E-state index contributed by atoms with van der Waals surface area (Å²) in [6.45, 7) is 10.1. The molecule has 67 heavy (non-hydrogen) atoms. The SMILES string of the molecule is C.CC(C)[C@]1(C(=O)N2CCc3ccc(C(F)(F)F)cc3C2)CC[C@@H](NC2CCOCC2F)C1.CC(C)[C@]1(C(=O)N2CCc3ccc(C(F)(F)F)cc3C2OO)CC[C@@H](NC2CCOCC2F)C1. The number of carbonyl (C=O) groups is 2. The molecule has 0 radical (unpaired) electrons. The Morgan fingerprint density at radius 1 is 0.716 bits per heavy atom. The molecule has 10 nitrogen and oxygen atoms in total. The smallest absolute Gasteiger partial charge is 0.378 e. The molecule has 2 saturated carbocycles. The number of alkyl halides is 8. The Bertz CT molecular complexity index is 2020. The van der Waals surface area contributed by atoms with E-state index in [1.54, 1.807) is 4.90 Å². The molecule has 4 aliphatic heterocycles. The number of nitrogens with one attached hydrogen (secondary N) is 2. The predicted molar refractivity (Wildman–Crippen MR) is 235 cm³/mol. The maximum atomic E-state index is 14.3. The van der Waals surface area contributed by atoms with Gasteiger partial charge in [-0.15, -0.1) is 0 Å². The summed E-state index contributed by atoms with van der Waals surface area (Å²) in [5.41, 5.74) is -0.693. The second-order valence-electron chi connectivity index (χ2n) is 19.9. The minimum Gasteiger partial charge on any atom is -0.378 e. The van der Waals surface area contributed by atoms with Crippen molar-refractivity contribution >= 4 is 11.8 Å². The van der Waals surface area contributed by atoms with Gasteiger partial charge in [-0.1, -0.05) is 47.3 Å². The van der Waals surface area contributed by atoms with Gasteiger partial charge < -0.3 is 29.9 Å². The highest BCUT2D eigenvalue weighted by molar-refractivity contribution is 5.85. The van der Waals surface area contributed by atoms with Crippen molar-refractivity contribution in [2.45, 2.75) is 161 Å². The van der Waals surface area contributed by atoms with Crippen LogP contribution in [0.25, 0.3) is 0 Å². The molecule has 2 amide bonds. The van der Waals surface area contributed by atoms with E-state index in [1.165, 1.54) is 23.1 Å². The molecule has 6 aliphatic rings. The average molecular weight is 961 g/mol. The molecule has 2 aromatic carbocycles. The Morgan fingerprint density at radius 2 is 1.21 bits per heavy atom. The van der Waals surface area contributed by atoms with E-state index in [9.17, 15) is 50.0 Å². The van der Waals surface area contributed by atoms with E-state index in [0.717, 1.165) is 30.2 Å². The molecule has 0 bridgehead atoms. The third kappa shape index (κ3) is 11.3. The van der Waals surface area contributed by atoms with Crippen molar-refractivity contribution in [1.29, 1.82) is 0 Å². The zero-order valence-corrected chi connectivity index (χ0v) is 38.1. The minimum absolute atomic E-state index is 0. The highest BCUT2D eigenvalue weighted by atomic mass is 19.4. The third-order valence-electron chi connectivity index (χ3n) is 15.5. The third-order valence-corrected chi connectivity index (χ3v) is 15.5. The molecule has 18 heteroatoms. The van der Waals surface area contributed by atoms with Crippen molar-refractivity contribution in [3.63, 3.8) is 0 Å². The van der Waals surface area contributed by atoms with E-state index in [-0.39, 0.29) is 87.1 Å². The molecule has 376 valence electrons. The second kappa shape index (κ2) is 21.3. The van der Waals surface area contributed by atoms with Crippen LogP contribution < -0.4 is 10.6 Å². The number of rotatable bonds is 9. The summed E-state index contributed by atoms with van der Waals surface area (Å²) >= 11 is 0. The quantitative estimate of drug-likeness (QED) is 0.130. The van der Waals surface area contributed by atoms with Gasteiger partial charge in [-0.3, -0.25) is 9.59 Å². The van der Waals surface area contributed by atoms with Gasteiger partial charge in [-0.25, -0.2) is 18.9 Å². The molecule has 8 rings (SSSR count). The lowest BCUT2D eigenvalue weighted by molar-refractivity contribution is -0.316. The molecule has 2 aliphatic carbocycles. The number of benzene rings is 2. The molecular formula is C49H68F8N4O6. The Labute approximate surface area is 388 Å². The largest absolute Gasteiger partial charge is 0.416 e. The summed E-state index contributed by atoms with van der Waals surface area (Å²) in [4.78, 5) is 35.4. The monoisotopic (exact) mass is 961 g/mol. The molecule has 9 atom stereocenters. The summed E-state index contributed by atoms with van der Waals surface area (Å²) in [7, 11) is 0. The van der Waals surface area contributed by atoms with Crippen molar-refractivity contribution in [3.05, 3.63) is 69.8 Å². The Balaban J connectivity index is 0.000000218. The maximum absolute atomic E-state index is 14.3. The number of carbonyl (C=O) groups excluding carboxylic acids is 2. The van der Waals surface area contributed by atoms with Crippen molar-refractivity contribution in [1.82, 2.24) is 20.4 Å². The molecular weight excluding hydrogens is 893 g/mol. The van der Waals surface area contributed by atoms with Crippen LogP contribution in [0.2, 0.25) is 0 Å². The van der Waals surface area contributed by atoms with Crippen LogP contribution >= 0.6 is 0 Å². The van der Waals surface area contributed by atoms with E-state index >= 15 is 0 Å². The lowest BCUT2D eigenvalue weighted by atomic mass is 9.73. The first-order chi connectivity index (χ1) is 31.2. The van der Waals surface area contributed by atoms with Crippen LogP contribution in [0.3, 0.4) is 0 Å². The van der Waals surface area contributed by atoms with E-state index in [0.29, 0.717) is 88.7 Å². The lowest BCUT2D eigenvalue weighted by Gasteiger charge is -2.42. The summed E-state index contributed by atoms with van der Waals surface area (Å²) in [5, 5.41) is 16.5. The second-order valence-corrected chi connectivity index (χ2v) is 19.9. The van der Waals surface area contributed by atoms with E-state index in [4.69, 9.17) is 9.47 Å². The summed E-state index contributed by atoms with van der Waals surface area (Å²) in [6.07, 6.45) is -6.48. The first kappa shape index (κ1) is 52.9. The molecule has 5 unspecified atom stereocenters. The standard InChI is InChI=1S/C24H32F4N2O4.C24H32F4N2O2.CH4/c1-14(2)23(8-5-17(12-23)29-20-7-10-33-13-19(20)25)22(31)30-9-6-15-3-4-16(24(26,27)28)11-18(15)21(30)34-32;1-15(2)23(8-5-19(12-23)29-21-7-10-32-14-20(21)25)22(31)30-9-6-16-3-4-18(24(26,27)28)11-17(16)13-30;/h3-4,11,14,17,19-21,29,32H,5-10,12-13H2,1-2H3;3-4,11,15,19-21,29H,5-10,12-14H2,1-2H3;1H4/t17-,19?,20?,21?,23+;19-,20?,21?,23+;/m11./s1. The van der Waals surface area contributed by atoms with Crippen molar-refractivity contribution in [3.8, 4) is 0 Å². The summed E-state index contributed by atoms with van der Waals surface area (Å²) in [6, 6.07) is 6.58. The van der Waals surface area contributed by atoms with Gasteiger partial charge in [0.25, 0.3) is 0 Å². The van der Waals surface area contributed by atoms with Gasteiger partial charge in [-0.05, 0) is 117 Å². The van der Waals surface area contributed by atoms with Gasteiger partial charge in [-0.2, -0.15) is 26.3 Å². The Morgan fingerprint density at radius 3 is 1.70 bits per heavy atom. The predicted octanol–water partition coefficient (Wildman–Crippen LogP) is 9.63. The minimum atomic E-state index is -4.55. The van der Waals surface area contributed by atoms with Crippen LogP contribution in [0.1, 0.15) is 126 Å². The molecule has 0 aromatic heterocycles. The van der Waals surface area contributed by atoms with Crippen molar-refractivity contribution in [2.75, 3.05) is 39.5 Å². The van der Waals surface area contributed by atoms with Gasteiger partial charge in [0.2, 0.25) is 11.8 Å². The number of amides is 2. The highest BCUT2D eigenvalue weighted by Gasteiger charge is 2.53. The average Bonchev–Trinajstić information content (AvgIpc) is 3.92. The van der Waals surface area contributed by atoms with Gasteiger partial charge >= 0.3 is 12.4 Å². The number of halogens is 8.